The van der Waals surface area contributed by atoms with Crippen LogP contribution in [0.15, 0.2) is 71.6 Å². The number of methoxy groups -OCH3 is 1. The monoisotopic (exact) mass is 468 g/mol. The van der Waals surface area contributed by atoms with Crippen molar-refractivity contribution in [3.05, 3.63) is 83.4 Å². The van der Waals surface area contributed by atoms with E-state index in [0.29, 0.717) is 11.4 Å². The summed E-state index contributed by atoms with van der Waals surface area (Å²) in [5.41, 5.74) is 3.52. The largest absolute Gasteiger partial charge is 0.497 e. The van der Waals surface area contributed by atoms with Gasteiger partial charge in [0.15, 0.2) is 6.61 Å². The molecule has 0 fully saturated rings. The lowest BCUT2D eigenvalue weighted by atomic mass is 10.1. The van der Waals surface area contributed by atoms with Crippen LogP contribution in [0, 0.1) is 13.8 Å². The second-order valence-electron chi connectivity index (χ2n) is 7.73. The lowest BCUT2D eigenvalue weighted by Crippen LogP contribution is -2.31. The maximum atomic E-state index is 12.6. The number of aryl methyl sites for hydroxylation is 2. The minimum atomic E-state index is -3.74. The Balaban J connectivity index is 1.55. The molecule has 174 valence electrons. The van der Waals surface area contributed by atoms with Gasteiger partial charge < -0.3 is 14.8 Å². The fraction of sp³-hybridized carbons (Fsp3) is 0.240. The van der Waals surface area contributed by atoms with Gasteiger partial charge in [0.1, 0.15) is 11.5 Å². The number of rotatable bonds is 9. The van der Waals surface area contributed by atoms with E-state index in [2.05, 4.69) is 10.0 Å². The number of amides is 1. The number of hydrogen-bond donors (Lipinski definition) is 2. The molecule has 1 atom stereocenters. The summed E-state index contributed by atoms with van der Waals surface area (Å²) in [5.74, 6) is 0.856. The van der Waals surface area contributed by atoms with Crippen molar-refractivity contribution in [1.29, 1.82) is 0 Å². The van der Waals surface area contributed by atoms with E-state index in [4.69, 9.17) is 9.47 Å². The van der Waals surface area contributed by atoms with E-state index in [1.807, 2.05) is 51.1 Å². The summed E-state index contributed by atoms with van der Waals surface area (Å²) in [6.07, 6.45) is 0. The lowest BCUT2D eigenvalue weighted by molar-refractivity contribution is -0.123. The highest BCUT2D eigenvalue weighted by Crippen LogP contribution is 2.21. The van der Waals surface area contributed by atoms with Gasteiger partial charge in [-0.25, -0.2) is 8.42 Å². The molecule has 3 aromatic carbocycles. The smallest absolute Gasteiger partial charge is 0.261 e. The first-order chi connectivity index (χ1) is 15.7. The molecule has 7 nitrogen and oxygen atoms in total. The zero-order valence-corrected chi connectivity index (χ0v) is 19.9. The molecule has 0 bridgehead atoms. The van der Waals surface area contributed by atoms with Gasteiger partial charge in [-0.2, -0.15) is 0 Å². The maximum Gasteiger partial charge on any atom is 0.261 e. The summed E-state index contributed by atoms with van der Waals surface area (Å²) < 4.78 is 38.5. The fourth-order valence-electron chi connectivity index (χ4n) is 3.14. The van der Waals surface area contributed by atoms with E-state index in [-0.39, 0.29) is 23.5 Å². The predicted molar refractivity (Wildman–Crippen MR) is 128 cm³/mol. The van der Waals surface area contributed by atoms with Crippen LogP contribution in [-0.4, -0.2) is 28.0 Å². The predicted octanol–water partition coefficient (Wildman–Crippen LogP) is 4.37. The summed E-state index contributed by atoms with van der Waals surface area (Å²) in [6, 6.07) is 18.5. The molecule has 1 amide bonds. The summed E-state index contributed by atoms with van der Waals surface area (Å²) in [7, 11) is -2.14. The highest BCUT2D eigenvalue weighted by atomic mass is 32.2. The minimum absolute atomic E-state index is 0.102. The van der Waals surface area contributed by atoms with Gasteiger partial charge in [-0.1, -0.05) is 18.2 Å². The molecule has 0 radical (unpaired) electrons. The van der Waals surface area contributed by atoms with E-state index >= 15 is 0 Å². The molecule has 0 saturated heterocycles. The van der Waals surface area contributed by atoms with Gasteiger partial charge in [0, 0.05) is 5.69 Å². The minimum Gasteiger partial charge on any atom is -0.497 e. The summed E-state index contributed by atoms with van der Waals surface area (Å²) in [6.45, 7) is 5.58. The molecule has 8 heteroatoms. The molecule has 3 aromatic rings. The van der Waals surface area contributed by atoms with Crippen molar-refractivity contribution in [3.63, 3.8) is 0 Å². The van der Waals surface area contributed by atoms with Crippen LogP contribution >= 0.6 is 0 Å². The van der Waals surface area contributed by atoms with Crippen molar-refractivity contribution in [1.82, 2.24) is 5.32 Å². The van der Waals surface area contributed by atoms with E-state index in [0.717, 1.165) is 22.4 Å². The number of ether oxygens (including phenoxy) is 2. The number of hydrogen-bond acceptors (Lipinski definition) is 5. The Bertz CT molecular complexity index is 1210. The average Bonchev–Trinajstić information content (AvgIpc) is 2.80. The van der Waals surface area contributed by atoms with E-state index in [1.165, 1.54) is 24.3 Å². The van der Waals surface area contributed by atoms with Gasteiger partial charge >= 0.3 is 0 Å². The first kappa shape index (κ1) is 24.1. The van der Waals surface area contributed by atoms with Crippen LogP contribution < -0.4 is 19.5 Å². The molecule has 3 rings (SSSR count). The quantitative estimate of drug-likeness (QED) is 0.486. The van der Waals surface area contributed by atoms with Crippen LogP contribution in [0.25, 0.3) is 0 Å². The van der Waals surface area contributed by atoms with Crippen LogP contribution in [0.5, 0.6) is 11.5 Å². The Morgan fingerprint density at radius 1 is 0.909 bits per heavy atom. The first-order valence-corrected chi connectivity index (χ1v) is 11.9. The number of nitrogens with one attached hydrogen (secondary N) is 2. The summed E-state index contributed by atoms with van der Waals surface area (Å²) in [5, 5.41) is 2.86. The number of sulfonamides is 1. The maximum absolute atomic E-state index is 12.6. The third kappa shape index (κ3) is 6.49. The third-order valence-corrected chi connectivity index (χ3v) is 6.65. The van der Waals surface area contributed by atoms with Crippen LogP contribution in [0.2, 0.25) is 0 Å². The summed E-state index contributed by atoms with van der Waals surface area (Å²) in [4.78, 5) is 12.3. The molecule has 0 heterocycles. The van der Waals surface area contributed by atoms with Gasteiger partial charge in [0.05, 0.1) is 18.0 Å². The molecule has 0 unspecified atom stereocenters. The average molecular weight is 469 g/mol. The molecule has 0 aliphatic carbocycles. The standard InChI is InChI=1S/C25H28N2O5S/c1-17-5-8-21(15-18(17)2)27-33(29,30)24-13-11-23(12-14-24)32-16-25(28)26-19(3)20-6-9-22(31-4)10-7-20/h5-15,19,27H,16H2,1-4H3,(H,26,28)/t19-/m0/s1. The second kappa shape index (κ2) is 10.4. The van der Waals surface area contributed by atoms with E-state index in [1.54, 1.807) is 19.2 Å². The van der Waals surface area contributed by atoms with Crippen molar-refractivity contribution < 1.29 is 22.7 Å². The van der Waals surface area contributed by atoms with Gasteiger partial charge in [0.25, 0.3) is 15.9 Å². The third-order valence-electron chi connectivity index (χ3n) is 5.26. The molecular weight excluding hydrogens is 440 g/mol. The Morgan fingerprint density at radius 3 is 2.15 bits per heavy atom. The number of carbonyl (C=O) groups is 1. The molecule has 33 heavy (non-hydrogen) atoms. The van der Waals surface area contributed by atoms with Crippen molar-refractivity contribution in [2.75, 3.05) is 18.4 Å². The van der Waals surface area contributed by atoms with Crippen molar-refractivity contribution in [2.45, 2.75) is 31.7 Å². The number of anilines is 1. The zero-order valence-electron chi connectivity index (χ0n) is 19.1. The Hall–Kier alpha value is -3.52. The lowest BCUT2D eigenvalue weighted by Gasteiger charge is -2.15. The molecule has 0 saturated carbocycles. The van der Waals surface area contributed by atoms with Gasteiger partial charge in [0.2, 0.25) is 0 Å². The van der Waals surface area contributed by atoms with Crippen LogP contribution in [0.1, 0.15) is 29.7 Å². The number of benzene rings is 3. The van der Waals surface area contributed by atoms with Crippen molar-refractivity contribution in [2.24, 2.45) is 0 Å². The first-order valence-electron chi connectivity index (χ1n) is 10.4. The molecular formula is C25H28N2O5S. The SMILES string of the molecule is COc1ccc([C@H](C)NC(=O)COc2ccc(S(=O)(=O)Nc3ccc(C)c(C)c3)cc2)cc1. The fourth-order valence-corrected chi connectivity index (χ4v) is 4.19. The molecule has 0 aromatic heterocycles. The molecule has 0 aliphatic rings. The summed E-state index contributed by atoms with van der Waals surface area (Å²) >= 11 is 0. The van der Waals surface area contributed by atoms with Crippen LogP contribution in [-0.2, 0) is 14.8 Å². The van der Waals surface area contributed by atoms with Gasteiger partial charge in [-0.05, 0) is 86.0 Å². The molecule has 0 aliphatic heterocycles. The van der Waals surface area contributed by atoms with Gasteiger partial charge in [-0.3, -0.25) is 9.52 Å². The Kier molecular flexibility index (Phi) is 7.60. The van der Waals surface area contributed by atoms with Crippen molar-refractivity contribution in [3.8, 4) is 11.5 Å². The van der Waals surface area contributed by atoms with E-state index < -0.39 is 10.0 Å². The molecule has 0 spiro atoms. The Labute approximate surface area is 194 Å². The highest BCUT2D eigenvalue weighted by molar-refractivity contribution is 7.92. The highest BCUT2D eigenvalue weighted by Gasteiger charge is 2.15. The topological polar surface area (TPSA) is 93.7 Å². The van der Waals surface area contributed by atoms with E-state index in [9.17, 15) is 13.2 Å². The van der Waals surface area contributed by atoms with Gasteiger partial charge in [-0.15, -0.1) is 0 Å². The Morgan fingerprint density at radius 2 is 1.55 bits per heavy atom. The van der Waals surface area contributed by atoms with Crippen LogP contribution in [0.3, 0.4) is 0 Å². The zero-order chi connectivity index (χ0) is 24.0. The normalized spacial score (nSPS) is 12.0. The van der Waals surface area contributed by atoms with Crippen LogP contribution in [0.4, 0.5) is 5.69 Å². The second-order valence-corrected chi connectivity index (χ2v) is 9.41. The number of carbonyl (C=O) groups excluding carboxylic acids is 1. The van der Waals surface area contributed by atoms with Crippen molar-refractivity contribution >= 4 is 21.6 Å². The molecule has 2 N–H and O–H groups in total.